The summed E-state index contributed by atoms with van der Waals surface area (Å²) >= 11 is 0. The molecule has 0 atom stereocenters. The number of carbonyl (C=O) groups excluding carboxylic acids is 2. The number of nitrogens with one attached hydrogen (secondary N) is 2. The summed E-state index contributed by atoms with van der Waals surface area (Å²) < 4.78 is 1.88. The summed E-state index contributed by atoms with van der Waals surface area (Å²) in [6, 6.07) is 6.19. The Balaban J connectivity index is 1.75. The first kappa shape index (κ1) is 20.1. The summed E-state index contributed by atoms with van der Waals surface area (Å²) in [5, 5.41) is 20.5. The largest absolute Gasteiger partial charge is 0.355 e. The van der Waals surface area contributed by atoms with Crippen molar-refractivity contribution in [3.05, 3.63) is 56.9 Å². The van der Waals surface area contributed by atoms with Crippen molar-refractivity contribution in [2.45, 2.75) is 33.7 Å². The second-order valence-electron chi connectivity index (χ2n) is 6.29. The normalized spacial score (nSPS) is 10.5. The first-order valence-electron chi connectivity index (χ1n) is 8.59. The standard InChI is InChI=1S/C18H23N5O4/c1-12-5-6-15(10-16(12)23(26)27)18(25)20-11-17(24)19-7-4-8-22-14(3)9-13(2)21-22/h5-6,9-10H,4,7-8,11H2,1-3H3,(H,19,24)(H,20,25). The van der Waals surface area contributed by atoms with Crippen molar-refractivity contribution in [3.63, 3.8) is 0 Å². The van der Waals surface area contributed by atoms with E-state index in [-0.39, 0.29) is 23.7 Å². The van der Waals surface area contributed by atoms with Crippen LogP contribution in [0.5, 0.6) is 0 Å². The van der Waals surface area contributed by atoms with Gasteiger partial charge in [0.25, 0.3) is 11.6 Å². The van der Waals surface area contributed by atoms with Gasteiger partial charge in [-0.25, -0.2) is 0 Å². The third-order valence-electron chi connectivity index (χ3n) is 4.05. The number of hydrogen-bond acceptors (Lipinski definition) is 5. The zero-order valence-electron chi connectivity index (χ0n) is 15.6. The van der Waals surface area contributed by atoms with Crippen molar-refractivity contribution in [2.24, 2.45) is 0 Å². The molecule has 2 aromatic rings. The molecule has 2 N–H and O–H groups in total. The summed E-state index contributed by atoms with van der Waals surface area (Å²) in [5.74, 6) is -0.853. The Morgan fingerprint density at radius 1 is 1.19 bits per heavy atom. The van der Waals surface area contributed by atoms with Crippen LogP contribution < -0.4 is 10.6 Å². The third kappa shape index (κ3) is 5.63. The quantitative estimate of drug-likeness (QED) is 0.414. The van der Waals surface area contributed by atoms with Crippen LogP contribution in [0.2, 0.25) is 0 Å². The molecule has 0 spiro atoms. The van der Waals surface area contributed by atoms with Gasteiger partial charge >= 0.3 is 0 Å². The topological polar surface area (TPSA) is 119 Å². The van der Waals surface area contributed by atoms with Crippen LogP contribution in [0.3, 0.4) is 0 Å². The second-order valence-corrected chi connectivity index (χ2v) is 6.29. The van der Waals surface area contributed by atoms with Crippen LogP contribution in [0.4, 0.5) is 5.69 Å². The van der Waals surface area contributed by atoms with E-state index in [1.807, 2.05) is 24.6 Å². The Morgan fingerprint density at radius 2 is 1.93 bits per heavy atom. The predicted octanol–water partition coefficient (Wildman–Crippen LogP) is 1.65. The van der Waals surface area contributed by atoms with Crippen LogP contribution in [-0.2, 0) is 11.3 Å². The van der Waals surface area contributed by atoms with E-state index >= 15 is 0 Å². The maximum absolute atomic E-state index is 12.1. The molecule has 0 radical (unpaired) electrons. The molecule has 0 aliphatic rings. The first-order chi connectivity index (χ1) is 12.8. The highest BCUT2D eigenvalue weighted by Gasteiger charge is 2.15. The fourth-order valence-electron chi connectivity index (χ4n) is 2.63. The fourth-order valence-corrected chi connectivity index (χ4v) is 2.63. The number of hydrogen-bond donors (Lipinski definition) is 2. The molecule has 9 heteroatoms. The Hall–Kier alpha value is -3.23. The maximum Gasteiger partial charge on any atom is 0.273 e. The molecule has 0 bridgehead atoms. The van der Waals surface area contributed by atoms with E-state index in [9.17, 15) is 19.7 Å². The average molecular weight is 373 g/mol. The molecule has 144 valence electrons. The molecule has 0 aliphatic heterocycles. The highest BCUT2D eigenvalue weighted by atomic mass is 16.6. The molecular formula is C18H23N5O4. The molecule has 27 heavy (non-hydrogen) atoms. The van der Waals surface area contributed by atoms with Crippen LogP contribution in [0, 0.1) is 30.9 Å². The number of aromatic nitrogens is 2. The van der Waals surface area contributed by atoms with Crippen molar-refractivity contribution in [1.29, 1.82) is 0 Å². The molecule has 1 aromatic carbocycles. The number of nitro groups is 1. The zero-order valence-corrected chi connectivity index (χ0v) is 15.6. The number of carbonyl (C=O) groups is 2. The Kier molecular flexibility index (Phi) is 6.64. The van der Waals surface area contributed by atoms with E-state index in [4.69, 9.17) is 0 Å². The molecule has 2 rings (SSSR count). The zero-order chi connectivity index (χ0) is 20.0. The smallest absolute Gasteiger partial charge is 0.273 e. The number of rotatable bonds is 8. The minimum absolute atomic E-state index is 0.128. The lowest BCUT2D eigenvalue weighted by molar-refractivity contribution is -0.385. The van der Waals surface area contributed by atoms with Gasteiger partial charge in [0.05, 0.1) is 17.2 Å². The molecule has 0 saturated carbocycles. The van der Waals surface area contributed by atoms with Gasteiger partial charge in [0.2, 0.25) is 5.91 Å². The summed E-state index contributed by atoms with van der Waals surface area (Å²) in [4.78, 5) is 34.3. The molecule has 0 aliphatic carbocycles. The first-order valence-corrected chi connectivity index (χ1v) is 8.59. The molecule has 9 nitrogen and oxygen atoms in total. The lowest BCUT2D eigenvalue weighted by Gasteiger charge is -2.08. The van der Waals surface area contributed by atoms with Crippen LogP contribution in [0.25, 0.3) is 0 Å². The molecular weight excluding hydrogens is 350 g/mol. The van der Waals surface area contributed by atoms with Gasteiger partial charge in [-0.05, 0) is 39.3 Å². The highest BCUT2D eigenvalue weighted by molar-refractivity contribution is 5.97. The number of amides is 2. The summed E-state index contributed by atoms with van der Waals surface area (Å²) in [7, 11) is 0. The molecule has 1 heterocycles. The van der Waals surface area contributed by atoms with Gasteiger partial charge in [-0.1, -0.05) is 6.07 Å². The van der Waals surface area contributed by atoms with Crippen LogP contribution in [0.1, 0.15) is 33.7 Å². The van der Waals surface area contributed by atoms with Crippen molar-refractivity contribution in [3.8, 4) is 0 Å². The number of benzene rings is 1. The molecule has 0 unspecified atom stereocenters. The number of nitro benzene ring substituents is 1. The number of aryl methyl sites for hydroxylation is 4. The fraction of sp³-hybridized carbons (Fsp3) is 0.389. The Bertz CT molecular complexity index is 859. The summed E-state index contributed by atoms with van der Waals surface area (Å²) in [6.07, 6.45) is 0.714. The minimum atomic E-state index is -0.540. The Labute approximate surface area is 156 Å². The van der Waals surface area contributed by atoms with Crippen LogP contribution >= 0.6 is 0 Å². The average Bonchev–Trinajstić information content (AvgIpc) is 2.94. The van der Waals surface area contributed by atoms with Gasteiger partial charge in [0.1, 0.15) is 0 Å². The Morgan fingerprint density at radius 3 is 2.56 bits per heavy atom. The molecule has 1 aromatic heterocycles. The third-order valence-corrected chi connectivity index (χ3v) is 4.05. The van der Waals surface area contributed by atoms with Gasteiger partial charge in [-0.3, -0.25) is 24.4 Å². The van der Waals surface area contributed by atoms with Gasteiger partial charge in [0, 0.05) is 36.0 Å². The van der Waals surface area contributed by atoms with Crippen LogP contribution in [0.15, 0.2) is 24.3 Å². The summed E-state index contributed by atoms with van der Waals surface area (Å²) in [6.45, 7) is 6.46. The van der Waals surface area contributed by atoms with Crippen molar-refractivity contribution in [2.75, 3.05) is 13.1 Å². The van der Waals surface area contributed by atoms with Gasteiger partial charge in [-0.15, -0.1) is 0 Å². The molecule has 2 amide bonds. The summed E-state index contributed by atoms with van der Waals surface area (Å²) in [5.41, 5.74) is 2.51. The van der Waals surface area contributed by atoms with E-state index in [2.05, 4.69) is 15.7 Å². The monoisotopic (exact) mass is 373 g/mol. The molecule has 0 fully saturated rings. The van der Waals surface area contributed by atoms with Gasteiger partial charge in [-0.2, -0.15) is 5.10 Å². The van der Waals surface area contributed by atoms with Crippen molar-refractivity contribution in [1.82, 2.24) is 20.4 Å². The van der Waals surface area contributed by atoms with E-state index in [1.54, 1.807) is 6.92 Å². The van der Waals surface area contributed by atoms with E-state index < -0.39 is 10.8 Å². The number of nitrogens with zero attached hydrogens (tertiary/aromatic N) is 3. The lowest BCUT2D eigenvalue weighted by Crippen LogP contribution is -2.37. The SMILES string of the molecule is Cc1cc(C)n(CCCNC(=O)CNC(=O)c2ccc(C)c([N+](=O)[O-])c2)n1. The van der Waals surface area contributed by atoms with E-state index in [0.717, 1.165) is 11.4 Å². The lowest BCUT2D eigenvalue weighted by atomic mass is 10.1. The predicted molar refractivity (Wildman–Crippen MR) is 99.5 cm³/mol. The van der Waals surface area contributed by atoms with Crippen molar-refractivity contribution >= 4 is 17.5 Å². The van der Waals surface area contributed by atoms with E-state index in [0.29, 0.717) is 25.1 Å². The van der Waals surface area contributed by atoms with Crippen molar-refractivity contribution < 1.29 is 14.5 Å². The maximum atomic E-state index is 12.1. The minimum Gasteiger partial charge on any atom is -0.355 e. The molecule has 0 saturated heterocycles. The highest BCUT2D eigenvalue weighted by Crippen LogP contribution is 2.19. The van der Waals surface area contributed by atoms with Gasteiger partial charge < -0.3 is 10.6 Å². The second kappa shape index (κ2) is 8.93. The van der Waals surface area contributed by atoms with Crippen LogP contribution in [-0.4, -0.2) is 39.6 Å². The van der Waals surface area contributed by atoms with E-state index in [1.165, 1.54) is 18.2 Å². The van der Waals surface area contributed by atoms with Gasteiger partial charge in [0.15, 0.2) is 0 Å².